The number of thiazole rings is 1. The van der Waals surface area contributed by atoms with Gasteiger partial charge in [0.15, 0.2) is 5.01 Å². The molecule has 0 bridgehead atoms. The number of carbonyl (C=O) groups excluding carboxylic acids is 1. The molecular formula is C26H34ClN7OS. The first-order chi connectivity index (χ1) is 17.3. The molecule has 0 aliphatic carbocycles. The maximum absolute atomic E-state index is 13.0. The van der Waals surface area contributed by atoms with Crippen molar-refractivity contribution < 1.29 is 4.79 Å². The third-order valence-electron chi connectivity index (χ3n) is 6.20. The second kappa shape index (κ2) is 11.5. The van der Waals surface area contributed by atoms with Crippen LogP contribution in [-0.2, 0) is 0 Å². The Kier molecular flexibility index (Phi) is 8.43. The van der Waals surface area contributed by atoms with Crippen LogP contribution in [0.15, 0.2) is 30.5 Å². The summed E-state index contributed by atoms with van der Waals surface area (Å²) >= 11 is 7.63. The molecule has 1 aliphatic rings. The van der Waals surface area contributed by atoms with E-state index in [9.17, 15) is 4.79 Å². The van der Waals surface area contributed by atoms with E-state index in [4.69, 9.17) is 21.6 Å². The molecule has 3 aromatic rings. The van der Waals surface area contributed by atoms with Crippen LogP contribution >= 0.6 is 22.9 Å². The minimum atomic E-state index is -0.282. The normalized spacial score (nSPS) is 14.4. The second-order valence-corrected chi connectivity index (χ2v) is 10.7. The molecule has 0 radical (unpaired) electrons. The SMILES string of the molecule is CCCN1CCN(c2cc(N(c3cnc(C(=O)Nc4c(C)cccc4Cl)s3)C(C)C)nc(C)n2)CC1. The Morgan fingerprint density at radius 3 is 2.61 bits per heavy atom. The Labute approximate surface area is 222 Å². The molecule has 3 heterocycles. The lowest BCUT2D eigenvalue weighted by molar-refractivity contribution is 0.102. The number of aryl methyl sites for hydroxylation is 2. The first-order valence-corrected chi connectivity index (χ1v) is 13.6. The quantitative estimate of drug-likeness (QED) is 0.412. The lowest BCUT2D eigenvalue weighted by Gasteiger charge is -2.36. The van der Waals surface area contributed by atoms with Crippen LogP contribution in [0.3, 0.4) is 0 Å². The smallest absolute Gasteiger partial charge is 0.284 e. The highest BCUT2D eigenvalue weighted by molar-refractivity contribution is 7.17. The average molecular weight is 528 g/mol. The van der Waals surface area contributed by atoms with Gasteiger partial charge in [-0.05, 0) is 52.3 Å². The average Bonchev–Trinajstić information content (AvgIpc) is 3.31. The summed E-state index contributed by atoms with van der Waals surface area (Å²) in [6.07, 6.45) is 2.91. The monoisotopic (exact) mass is 527 g/mol. The number of para-hydroxylation sites is 1. The van der Waals surface area contributed by atoms with Crippen LogP contribution < -0.4 is 15.1 Å². The Balaban J connectivity index is 1.56. The van der Waals surface area contributed by atoms with E-state index in [-0.39, 0.29) is 11.9 Å². The summed E-state index contributed by atoms with van der Waals surface area (Å²) in [7, 11) is 0. The molecule has 1 N–H and O–H groups in total. The number of hydrogen-bond acceptors (Lipinski definition) is 8. The summed E-state index contributed by atoms with van der Waals surface area (Å²) in [6, 6.07) is 7.69. The number of amides is 1. The van der Waals surface area contributed by atoms with Crippen LogP contribution in [0.2, 0.25) is 5.02 Å². The third-order valence-corrected chi connectivity index (χ3v) is 7.51. The van der Waals surface area contributed by atoms with Crippen molar-refractivity contribution in [2.24, 2.45) is 0 Å². The summed E-state index contributed by atoms with van der Waals surface area (Å²) in [5, 5.41) is 4.63. The van der Waals surface area contributed by atoms with Gasteiger partial charge >= 0.3 is 0 Å². The molecule has 1 aromatic carbocycles. The number of anilines is 4. The van der Waals surface area contributed by atoms with Gasteiger partial charge in [0.1, 0.15) is 22.5 Å². The summed E-state index contributed by atoms with van der Waals surface area (Å²) in [4.78, 5) is 33.8. The fourth-order valence-electron chi connectivity index (χ4n) is 4.41. The molecule has 1 amide bonds. The van der Waals surface area contributed by atoms with Gasteiger partial charge < -0.3 is 15.1 Å². The zero-order valence-electron chi connectivity index (χ0n) is 21.6. The molecular weight excluding hydrogens is 494 g/mol. The zero-order chi connectivity index (χ0) is 25.8. The van der Waals surface area contributed by atoms with Crippen LogP contribution in [0, 0.1) is 13.8 Å². The number of aromatic nitrogens is 3. The van der Waals surface area contributed by atoms with Crippen molar-refractivity contribution in [1.29, 1.82) is 0 Å². The molecule has 1 saturated heterocycles. The van der Waals surface area contributed by atoms with Crippen molar-refractivity contribution in [1.82, 2.24) is 19.9 Å². The van der Waals surface area contributed by atoms with Gasteiger partial charge in [0, 0.05) is 38.3 Å². The molecule has 192 valence electrons. The second-order valence-electron chi connectivity index (χ2n) is 9.31. The van der Waals surface area contributed by atoms with Gasteiger partial charge in [-0.2, -0.15) is 0 Å². The highest BCUT2D eigenvalue weighted by Crippen LogP contribution is 2.34. The number of rotatable bonds is 8. The number of piperazine rings is 1. The molecule has 8 nitrogen and oxygen atoms in total. The number of halogens is 1. The van der Waals surface area contributed by atoms with Crippen LogP contribution in [0.5, 0.6) is 0 Å². The van der Waals surface area contributed by atoms with Gasteiger partial charge in [-0.3, -0.25) is 9.69 Å². The first-order valence-electron chi connectivity index (χ1n) is 12.4. The fraction of sp³-hybridized carbons (Fsp3) is 0.462. The Morgan fingerprint density at radius 1 is 1.19 bits per heavy atom. The highest BCUT2D eigenvalue weighted by Gasteiger charge is 2.24. The van der Waals surface area contributed by atoms with E-state index in [1.165, 1.54) is 17.8 Å². The largest absolute Gasteiger partial charge is 0.354 e. The lowest BCUT2D eigenvalue weighted by atomic mass is 10.2. The molecule has 2 aromatic heterocycles. The van der Waals surface area contributed by atoms with Crippen molar-refractivity contribution in [3.05, 3.63) is 51.9 Å². The summed E-state index contributed by atoms with van der Waals surface area (Å²) in [5.41, 5.74) is 1.51. The van der Waals surface area contributed by atoms with Crippen molar-refractivity contribution in [2.75, 3.05) is 47.8 Å². The first kappa shape index (κ1) is 26.3. The maximum atomic E-state index is 13.0. The summed E-state index contributed by atoms with van der Waals surface area (Å²) in [5.74, 6) is 2.19. The predicted molar refractivity (Wildman–Crippen MR) is 149 cm³/mol. The molecule has 36 heavy (non-hydrogen) atoms. The lowest BCUT2D eigenvalue weighted by Crippen LogP contribution is -2.47. The fourth-order valence-corrected chi connectivity index (χ4v) is 5.63. The molecule has 0 spiro atoms. The molecule has 0 unspecified atom stereocenters. The molecule has 1 aliphatic heterocycles. The minimum Gasteiger partial charge on any atom is -0.354 e. The minimum absolute atomic E-state index is 0.107. The number of carbonyl (C=O) groups is 1. The topological polar surface area (TPSA) is 77.5 Å². The van der Waals surface area contributed by atoms with Crippen LogP contribution in [-0.4, -0.2) is 64.5 Å². The molecule has 4 rings (SSSR count). The standard InChI is InChI=1S/C26H34ClN7OS/c1-6-10-32-11-13-33(14-12-32)21-15-22(30-19(5)29-21)34(17(2)3)23-16-28-26(36-23)25(35)31-24-18(4)8-7-9-20(24)27/h7-9,15-17H,6,10-14H2,1-5H3,(H,31,35). The van der Waals surface area contributed by atoms with Gasteiger partial charge in [0.25, 0.3) is 5.91 Å². The van der Waals surface area contributed by atoms with Gasteiger partial charge in [0.2, 0.25) is 0 Å². The molecule has 0 saturated carbocycles. The van der Waals surface area contributed by atoms with Gasteiger partial charge in [-0.15, -0.1) is 0 Å². The zero-order valence-corrected chi connectivity index (χ0v) is 23.2. The number of nitrogens with zero attached hydrogens (tertiary/aromatic N) is 6. The van der Waals surface area contributed by atoms with Crippen molar-refractivity contribution in [3.63, 3.8) is 0 Å². The molecule has 10 heteroatoms. The Bertz CT molecular complexity index is 1190. The van der Waals surface area contributed by atoms with E-state index in [1.807, 2.05) is 26.0 Å². The van der Waals surface area contributed by atoms with Crippen LogP contribution in [0.1, 0.15) is 48.4 Å². The van der Waals surface area contributed by atoms with E-state index in [0.29, 0.717) is 15.7 Å². The van der Waals surface area contributed by atoms with E-state index in [0.717, 1.165) is 60.7 Å². The van der Waals surface area contributed by atoms with Crippen molar-refractivity contribution in [3.8, 4) is 0 Å². The van der Waals surface area contributed by atoms with E-state index in [2.05, 4.69) is 51.8 Å². The number of nitrogens with one attached hydrogen (secondary N) is 1. The van der Waals surface area contributed by atoms with Crippen molar-refractivity contribution in [2.45, 2.75) is 47.1 Å². The van der Waals surface area contributed by atoms with Crippen molar-refractivity contribution >= 4 is 51.2 Å². The van der Waals surface area contributed by atoms with Gasteiger partial charge in [-0.1, -0.05) is 42.0 Å². The maximum Gasteiger partial charge on any atom is 0.284 e. The van der Waals surface area contributed by atoms with E-state index >= 15 is 0 Å². The predicted octanol–water partition coefficient (Wildman–Crippen LogP) is 5.53. The van der Waals surface area contributed by atoms with Crippen LogP contribution in [0.4, 0.5) is 22.3 Å². The summed E-state index contributed by atoms with van der Waals surface area (Å²) < 4.78 is 0. The third kappa shape index (κ3) is 5.96. The summed E-state index contributed by atoms with van der Waals surface area (Å²) in [6.45, 7) is 15.4. The highest BCUT2D eigenvalue weighted by atomic mass is 35.5. The van der Waals surface area contributed by atoms with Crippen LogP contribution in [0.25, 0.3) is 0 Å². The van der Waals surface area contributed by atoms with E-state index in [1.54, 1.807) is 12.3 Å². The Hall–Kier alpha value is -2.75. The van der Waals surface area contributed by atoms with Gasteiger partial charge in [0.05, 0.1) is 16.9 Å². The molecule has 0 atom stereocenters. The van der Waals surface area contributed by atoms with E-state index < -0.39 is 0 Å². The van der Waals surface area contributed by atoms with Gasteiger partial charge in [-0.25, -0.2) is 15.0 Å². The Morgan fingerprint density at radius 2 is 1.94 bits per heavy atom. The number of hydrogen-bond donors (Lipinski definition) is 1. The molecule has 1 fully saturated rings. The number of benzene rings is 1.